The van der Waals surface area contributed by atoms with Crippen LogP contribution in [0.25, 0.3) is 0 Å². The van der Waals surface area contributed by atoms with Gasteiger partial charge in [-0.25, -0.2) is 0 Å². The van der Waals surface area contributed by atoms with Crippen molar-refractivity contribution in [1.82, 2.24) is 0 Å². The van der Waals surface area contributed by atoms with Gasteiger partial charge in [0.15, 0.2) is 0 Å². The quantitative estimate of drug-likeness (QED) is 0.484. The molecule has 6 heavy (non-hydrogen) atoms. The van der Waals surface area contributed by atoms with Crippen molar-refractivity contribution in [3.05, 3.63) is 0 Å². The van der Waals surface area contributed by atoms with E-state index >= 15 is 0 Å². The van der Waals surface area contributed by atoms with E-state index in [0.29, 0.717) is 6.54 Å². The Bertz CT molecular complexity index is 18.3. The van der Waals surface area contributed by atoms with E-state index in [1.807, 2.05) is 0 Å². The number of aliphatic hydroxyl groups is 1. The smallest absolute Gasteiger partial charge is 0.0443 e. The highest BCUT2D eigenvalue weighted by atomic mass is 19.0. The third-order valence-electron chi connectivity index (χ3n) is 0.362. The van der Waals surface area contributed by atoms with Crippen molar-refractivity contribution in [2.45, 2.75) is 6.42 Å². The summed E-state index contributed by atoms with van der Waals surface area (Å²) in [6, 6.07) is 0. The Kier molecular flexibility index (Phi) is 13.7. The van der Waals surface area contributed by atoms with E-state index < -0.39 is 0 Å². The van der Waals surface area contributed by atoms with E-state index in [9.17, 15) is 0 Å². The summed E-state index contributed by atoms with van der Waals surface area (Å²) >= 11 is 0. The van der Waals surface area contributed by atoms with Gasteiger partial charge >= 0.3 is 0 Å². The molecule has 0 heterocycles. The third kappa shape index (κ3) is 9.14. The van der Waals surface area contributed by atoms with Crippen LogP contribution in [0.15, 0.2) is 0 Å². The monoisotopic (exact) mass is 95.1 g/mol. The molecule has 0 saturated carbocycles. The average Bonchev–Trinajstić information content (AvgIpc) is 1.41. The zero-order valence-electron chi connectivity index (χ0n) is 3.55. The van der Waals surface area contributed by atoms with Crippen LogP contribution in [0.3, 0.4) is 0 Å². The van der Waals surface area contributed by atoms with E-state index in [1.165, 1.54) is 0 Å². The van der Waals surface area contributed by atoms with Crippen LogP contribution in [-0.4, -0.2) is 18.3 Å². The molecule has 0 unspecified atom stereocenters. The topological polar surface area (TPSA) is 46.2 Å². The van der Waals surface area contributed by atoms with Gasteiger partial charge in [-0.05, 0) is 13.0 Å². The maximum atomic E-state index is 7.99. The van der Waals surface area contributed by atoms with Gasteiger partial charge in [-0.3, -0.25) is 4.70 Å². The number of halogens is 1. The van der Waals surface area contributed by atoms with Crippen LogP contribution in [0.2, 0.25) is 0 Å². The van der Waals surface area contributed by atoms with Crippen LogP contribution in [0.1, 0.15) is 6.42 Å². The Morgan fingerprint density at radius 2 is 2.00 bits per heavy atom. The van der Waals surface area contributed by atoms with Crippen molar-refractivity contribution in [1.29, 1.82) is 0 Å². The lowest BCUT2D eigenvalue weighted by Crippen LogP contribution is -1.99. The zero-order chi connectivity index (χ0) is 4.12. The van der Waals surface area contributed by atoms with E-state index in [1.54, 1.807) is 0 Å². The first-order valence-corrected chi connectivity index (χ1v) is 1.72. The Morgan fingerprint density at radius 1 is 1.50 bits per heavy atom. The molecule has 0 aromatic rings. The largest absolute Gasteiger partial charge is 0.396 e. The fourth-order valence-electron chi connectivity index (χ4n) is 0.0913. The summed E-state index contributed by atoms with van der Waals surface area (Å²) in [4.78, 5) is 0. The molecule has 40 valence electrons. The van der Waals surface area contributed by atoms with Crippen LogP contribution in [0.5, 0.6) is 0 Å². The van der Waals surface area contributed by atoms with Crippen LogP contribution in [0.4, 0.5) is 4.70 Å². The first-order valence-electron chi connectivity index (χ1n) is 1.72. The molecule has 0 spiro atoms. The fourth-order valence-corrected chi connectivity index (χ4v) is 0.0913. The maximum Gasteiger partial charge on any atom is 0.0443 e. The SMILES string of the molecule is F.NCCCO. The number of hydrogen-bond donors (Lipinski definition) is 2. The second kappa shape index (κ2) is 8.85. The number of hydrogen-bond acceptors (Lipinski definition) is 2. The van der Waals surface area contributed by atoms with Gasteiger partial charge in [0.25, 0.3) is 0 Å². The molecule has 0 aromatic heterocycles. The third-order valence-corrected chi connectivity index (χ3v) is 0.362. The lowest BCUT2D eigenvalue weighted by atomic mass is 10.5. The number of aliphatic hydroxyl groups excluding tert-OH is 1. The summed E-state index contributed by atoms with van der Waals surface area (Å²) in [5, 5.41) is 7.99. The van der Waals surface area contributed by atoms with Gasteiger partial charge in [0.1, 0.15) is 0 Å². The minimum absolute atomic E-state index is 0. The Balaban J connectivity index is 0. The van der Waals surface area contributed by atoms with E-state index in [-0.39, 0.29) is 11.3 Å². The second-order valence-corrected chi connectivity index (χ2v) is 0.866. The Hall–Kier alpha value is -0.150. The normalized spacial score (nSPS) is 7.00. The molecule has 3 heteroatoms. The highest BCUT2D eigenvalue weighted by Crippen LogP contribution is 1.62. The van der Waals surface area contributed by atoms with Crippen molar-refractivity contribution in [3.8, 4) is 0 Å². The predicted molar refractivity (Wildman–Crippen MR) is 23.3 cm³/mol. The first-order chi connectivity index (χ1) is 2.41. The molecule has 0 amide bonds. The summed E-state index contributed by atoms with van der Waals surface area (Å²) in [5.74, 6) is 0. The summed E-state index contributed by atoms with van der Waals surface area (Å²) < 4.78 is 0. The molecule has 0 rings (SSSR count). The maximum absolute atomic E-state index is 7.99. The molecule has 0 aliphatic carbocycles. The van der Waals surface area contributed by atoms with Crippen LogP contribution < -0.4 is 5.73 Å². The van der Waals surface area contributed by atoms with Gasteiger partial charge in [0.2, 0.25) is 0 Å². The summed E-state index contributed by atoms with van der Waals surface area (Å²) in [6.07, 6.45) is 0.722. The molecule has 0 aliphatic rings. The van der Waals surface area contributed by atoms with Crippen molar-refractivity contribution >= 4 is 0 Å². The molecular weight excluding hydrogens is 85.0 g/mol. The molecular formula is C3H10FNO. The minimum atomic E-state index is 0. The molecule has 2 nitrogen and oxygen atoms in total. The van der Waals surface area contributed by atoms with E-state index in [2.05, 4.69) is 0 Å². The van der Waals surface area contributed by atoms with Crippen molar-refractivity contribution < 1.29 is 9.81 Å². The van der Waals surface area contributed by atoms with Gasteiger partial charge in [0, 0.05) is 6.61 Å². The van der Waals surface area contributed by atoms with E-state index in [4.69, 9.17) is 10.8 Å². The lowest BCUT2D eigenvalue weighted by molar-refractivity contribution is 0.291. The molecule has 0 atom stereocenters. The first kappa shape index (κ1) is 9.28. The van der Waals surface area contributed by atoms with Crippen LogP contribution in [0, 0.1) is 0 Å². The summed E-state index contributed by atoms with van der Waals surface area (Å²) in [6.45, 7) is 0.812. The molecule has 0 radical (unpaired) electrons. The predicted octanol–water partition coefficient (Wildman–Crippen LogP) is -0.520. The second-order valence-electron chi connectivity index (χ2n) is 0.866. The molecule has 0 bridgehead atoms. The minimum Gasteiger partial charge on any atom is -0.396 e. The molecule has 0 saturated heterocycles. The fraction of sp³-hybridized carbons (Fsp3) is 1.00. The number of rotatable bonds is 2. The number of nitrogens with two attached hydrogens (primary N) is 1. The van der Waals surface area contributed by atoms with Crippen LogP contribution >= 0.6 is 0 Å². The zero-order valence-corrected chi connectivity index (χ0v) is 3.55. The standard InChI is InChI=1S/C3H9NO.FH/c4-2-1-3-5;/h5H,1-4H2;1H. The van der Waals surface area contributed by atoms with Gasteiger partial charge in [-0.2, -0.15) is 0 Å². The van der Waals surface area contributed by atoms with Crippen molar-refractivity contribution in [2.24, 2.45) is 5.73 Å². The average molecular weight is 95.1 g/mol. The molecule has 0 aliphatic heterocycles. The summed E-state index contributed by atoms with van der Waals surface area (Å²) in [7, 11) is 0. The lowest BCUT2D eigenvalue weighted by Gasteiger charge is -1.80. The van der Waals surface area contributed by atoms with Gasteiger partial charge in [-0.15, -0.1) is 0 Å². The highest BCUT2D eigenvalue weighted by molar-refractivity contribution is 4.28. The van der Waals surface area contributed by atoms with Gasteiger partial charge in [-0.1, -0.05) is 0 Å². The highest BCUT2D eigenvalue weighted by Gasteiger charge is 1.69. The molecule has 0 aromatic carbocycles. The van der Waals surface area contributed by atoms with Crippen molar-refractivity contribution in [3.63, 3.8) is 0 Å². The van der Waals surface area contributed by atoms with E-state index in [0.717, 1.165) is 6.42 Å². The van der Waals surface area contributed by atoms with Crippen LogP contribution in [-0.2, 0) is 0 Å². The molecule has 3 N–H and O–H groups in total. The summed E-state index contributed by atoms with van der Waals surface area (Å²) in [5.41, 5.74) is 4.98. The Morgan fingerprint density at radius 3 is 2.00 bits per heavy atom. The Labute approximate surface area is 36.3 Å². The molecule has 0 fully saturated rings. The van der Waals surface area contributed by atoms with Gasteiger partial charge < -0.3 is 10.8 Å². The van der Waals surface area contributed by atoms with Crippen molar-refractivity contribution in [2.75, 3.05) is 13.2 Å². The van der Waals surface area contributed by atoms with Gasteiger partial charge in [0.05, 0.1) is 0 Å².